The monoisotopic (exact) mass is 1040 g/mol. The van der Waals surface area contributed by atoms with Gasteiger partial charge in [0.25, 0.3) is 0 Å². The fourth-order valence-corrected chi connectivity index (χ4v) is 9.53. The Labute approximate surface area is 442 Å². The molecule has 0 aromatic rings. The SMILES string of the molecule is CCCCC/C=C\C/C=C\CCCCCCCC(=O)OCC(COP(=O)(O)OCC(CO)OC(=O)CCCCCCCCCCCCCCC)OC(=O)CCCCCCCCCCCCCCCCCCC. The molecule has 0 saturated carbocycles. The van der Waals surface area contributed by atoms with Crippen molar-refractivity contribution < 1.29 is 52.2 Å². The van der Waals surface area contributed by atoms with Gasteiger partial charge in [0.05, 0.1) is 19.8 Å². The number of allylic oxidation sites excluding steroid dienone is 4. The molecule has 0 aliphatic rings. The van der Waals surface area contributed by atoms with E-state index in [2.05, 4.69) is 45.1 Å². The molecule has 72 heavy (non-hydrogen) atoms. The van der Waals surface area contributed by atoms with Gasteiger partial charge < -0.3 is 24.2 Å². The number of rotatable bonds is 57. The summed E-state index contributed by atoms with van der Waals surface area (Å²) in [5.41, 5.74) is 0. The van der Waals surface area contributed by atoms with Gasteiger partial charge in [0.1, 0.15) is 12.7 Å². The topological polar surface area (TPSA) is 155 Å². The molecule has 3 atom stereocenters. The van der Waals surface area contributed by atoms with Gasteiger partial charge in [-0.15, -0.1) is 0 Å². The zero-order chi connectivity index (χ0) is 52.7. The molecule has 3 unspecified atom stereocenters. The molecular formula is C60H113O11P. The predicted molar refractivity (Wildman–Crippen MR) is 298 cm³/mol. The summed E-state index contributed by atoms with van der Waals surface area (Å²) in [6.07, 6.45) is 55.6. The highest BCUT2D eigenvalue weighted by molar-refractivity contribution is 7.47. The Morgan fingerprint density at radius 2 is 0.681 bits per heavy atom. The Balaban J connectivity index is 4.69. The maximum atomic E-state index is 12.9. The van der Waals surface area contributed by atoms with E-state index in [0.717, 1.165) is 83.5 Å². The summed E-state index contributed by atoms with van der Waals surface area (Å²) < 4.78 is 39.6. The number of aliphatic hydroxyl groups is 1. The first-order chi connectivity index (χ1) is 35.2. The highest BCUT2D eigenvalue weighted by Crippen LogP contribution is 2.43. The quantitative estimate of drug-likeness (QED) is 0.0197. The molecule has 0 aliphatic carbocycles. The van der Waals surface area contributed by atoms with Gasteiger partial charge in [0, 0.05) is 19.3 Å². The van der Waals surface area contributed by atoms with Crippen molar-refractivity contribution in [1.29, 1.82) is 0 Å². The fraction of sp³-hybridized carbons (Fsp3) is 0.883. The zero-order valence-electron chi connectivity index (χ0n) is 46.9. The van der Waals surface area contributed by atoms with Crippen LogP contribution in [-0.4, -0.2) is 66.5 Å². The van der Waals surface area contributed by atoms with Crippen molar-refractivity contribution in [3.8, 4) is 0 Å². The Morgan fingerprint density at radius 3 is 1.06 bits per heavy atom. The van der Waals surface area contributed by atoms with Crippen LogP contribution in [0.1, 0.15) is 303 Å². The van der Waals surface area contributed by atoms with Crippen LogP contribution < -0.4 is 0 Å². The predicted octanol–water partition coefficient (Wildman–Crippen LogP) is 17.8. The van der Waals surface area contributed by atoms with Crippen molar-refractivity contribution in [2.24, 2.45) is 0 Å². The van der Waals surface area contributed by atoms with E-state index in [4.69, 9.17) is 23.3 Å². The van der Waals surface area contributed by atoms with Gasteiger partial charge in [-0.25, -0.2) is 4.57 Å². The number of esters is 3. The third-order valence-corrected chi connectivity index (χ3v) is 14.3. The third kappa shape index (κ3) is 52.8. The molecule has 0 heterocycles. The highest BCUT2D eigenvalue weighted by atomic mass is 31.2. The van der Waals surface area contributed by atoms with Gasteiger partial charge in [0.15, 0.2) is 6.10 Å². The van der Waals surface area contributed by atoms with Crippen LogP contribution in [-0.2, 0) is 42.2 Å². The van der Waals surface area contributed by atoms with Crippen LogP contribution in [0.25, 0.3) is 0 Å². The van der Waals surface area contributed by atoms with E-state index in [9.17, 15) is 28.9 Å². The normalized spacial score (nSPS) is 13.5. The van der Waals surface area contributed by atoms with Gasteiger partial charge >= 0.3 is 25.7 Å². The molecule has 0 aromatic carbocycles. The van der Waals surface area contributed by atoms with E-state index >= 15 is 0 Å². The van der Waals surface area contributed by atoms with Crippen molar-refractivity contribution in [1.82, 2.24) is 0 Å². The van der Waals surface area contributed by atoms with Crippen molar-refractivity contribution in [3.63, 3.8) is 0 Å². The lowest BCUT2D eigenvalue weighted by molar-refractivity contribution is -0.161. The van der Waals surface area contributed by atoms with Crippen molar-refractivity contribution in [2.45, 2.75) is 315 Å². The molecule has 11 nitrogen and oxygen atoms in total. The number of ether oxygens (including phenoxy) is 3. The van der Waals surface area contributed by atoms with Crippen LogP contribution in [0.4, 0.5) is 0 Å². The van der Waals surface area contributed by atoms with Gasteiger partial charge in [-0.2, -0.15) is 0 Å². The first kappa shape index (κ1) is 70.0. The van der Waals surface area contributed by atoms with Crippen molar-refractivity contribution in [3.05, 3.63) is 24.3 Å². The van der Waals surface area contributed by atoms with Gasteiger partial charge in [-0.3, -0.25) is 23.4 Å². The Morgan fingerprint density at radius 1 is 0.389 bits per heavy atom. The molecule has 0 aromatic heterocycles. The molecule has 424 valence electrons. The molecule has 0 aliphatic heterocycles. The summed E-state index contributed by atoms with van der Waals surface area (Å²) in [5, 5.41) is 9.81. The fourth-order valence-electron chi connectivity index (χ4n) is 8.74. The van der Waals surface area contributed by atoms with E-state index in [1.165, 1.54) is 161 Å². The summed E-state index contributed by atoms with van der Waals surface area (Å²) >= 11 is 0. The summed E-state index contributed by atoms with van der Waals surface area (Å²) in [7, 11) is -4.74. The summed E-state index contributed by atoms with van der Waals surface area (Å²) in [4.78, 5) is 48.6. The third-order valence-electron chi connectivity index (χ3n) is 13.4. The summed E-state index contributed by atoms with van der Waals surface area (Å²) in [6.45, 7) is 4.66. The highest BCUT2D eigenvalue weighted by Gasteiger charge is 2.28. The minimum Gasteiger partial charge on any atom is -0.462 e. The molecule has 0 amide bonds. The number of hydrogen-bond acceptors (Lipinski definition) is 10. The molecule has 0 bridgehead atoms. The van der Waals surface area contributed by atoms with Crippen molar-refractivity contribution in [2.75, 3.05) is 26.4 Å². The maximum Gasteiger partial charge on any atom is 0.472 e. The van der Waals surface area contributed by atoms with Crippen LogP contribution in [0.5, 0.6) is 0 Å². The van der Waals surface area contributed by atoms with E-state index in [1.54, 1.807) is 0 Å². The zero-order valence-corrected chi connectivity index (χ0v) is 47.8. The van der Waals surface area contributed by atoms with E-state index in [-0.39, 0.29) is 25.9 Å². The molecule has 0 radical (unpaired) electrons. The lowest BCUT2D eigenvalue weighted by atomic mass is 10.0. The Kier molecular flexibility index (Phi) is 53.6. The average Bonchev–Trinajstić information content (AvgIpc) is 3.37. The molecule has 0 spiro atoms. The number of hydrogen-bond donors (Lipinski definition) is 2. The number of phosphoric acid groups is 1. The van der Waals surface area contributed by atoms with Gasteiger partial charge in [-0.1, -0.05) is 257 Å². The van der Waals surface area contributed by atoms with Crippen LogP contribution in [0.15, 0.2) is 24.3 Å². The largest absolute Gasteiger partial charge is 0.472 e. The van der Waals surface area contributed by atoms with Crippen LogP contribution >= 0.6 is 7.82 Å². The Hall–Kier alpha value is -2.04. The number of aliphatic hydroxyl groups excluding tert-OH is 1. The molecular weight excluding hydrogens is 928 g/mol. The number of carbonyl (C=O) groups excluding carboxylic acids is 3. The minimum absolute atomic E-state index is 0.172. The first-order valence-corrected chi connectivity index (χ1v) is 31.7. The molecule has 0 rings (SSSR count). The van der Waals surface area contributed by atoms with Gasteiger partial charge in [-0.05, 0) is 51.4 Å². The maximum absolute atomic E-state index is 12.9. The number of phosphoric ester groups is 1. The van der Waals surface area contributed by atoms with Gasteiger partial charge in [0.2, 0.25) is 0 Å². The molecule has 2 N–H and O–H groups in total. The summed E-state index contributed by atoms with van der Waals surface area (Å²) in [5.74, 6) is -1.45. The smallest absolute Gasteiger partial charge is 0.462 e. The second kappa shape index (κ2) is 55.2. The first-order valence-electron chi connectivity index (χ1n) is 30.2. The lowest BCUT2D eigenvalue weighted by Gasteiger charge is -2.21. The minimum atomic E-state index is -4.74. The lowest BCUT2D eigenvalue weighted by Crippen LogP contribution is -2.30. The molecule has 12 heteroatoms. The van der Waals surface area contributed by atoms with Crippen LogP contribution in [0.3, 0.4) is 0 Å². The molecule has 0 fully saturated rings. The van der Waals surface area contributed by atoms with E-state index < -0.39 is 57.8 Å². The average molecular weight is 1040 g/mol. The molecule has 0 saturated heterocycles. The second-order valence-electron chi connectivity index (χ2n) is 20.5. The number of carbonyl (C=O) groups is 3. The van der Waals surface area contributed by atoms with Crippen LogP contribution in [0, 0.1) is 0 Å². The second-order valence-corrected chi connectivity index (χ2v) is 22.0. The summed E-state index contributed by atoms with van der Waals surface area (Å²) in [6, 6.07) is 0. The Bertz CT molecular complexity index is 1310. The number of unbranched alkanes of at least 4 members (excludes halogenated alkanes) is 36. The standard InChI is InChI=1S/C60H113O11P/c1-4-7-10-13-16-19-22-25-27-28-30-33-36-39-42-45-48-51-60(64)71-57(53-67-58(62)49-46-43-40-37-34-32-29-26-23-20-17-14-11-8-5-2)55-69-72(65,66)68-54-56(52-61)70-59(63)50-47-44-41-38-35-31-24-21-18-15-12-9-6-3/h17,20,26,29,56-57,61H,4-16,18-19,21-25,27-28,30-55H2,1-3H3,(H,65,66)/b20-17-,29-26-. The van der Waals surface area contributed by atoms with Crippen LogP contribution in [0.2, 0.25) is 0 Å². The van der Waals surface area contributed by atoms with E-state index in [1.807, 2.05) is 0 Å². The van der Waals surface area contributed by atoms with Crippen molar-refractivity contribution >= 4 is 25.7 Å². The van der Waals surface area contributed by atoms with E-state index in [0.29, 0.717) is 19.3 Å².